The van der Waals surface area contributed by atoms with Gasteiger partial charge in [-0.05, 0) is 13.8 Å². The van der Waals surface area contributed by atoms with E-state index in [0.29, 0.717) is 0 Å². The molecule has 0 aliphatic carbocycles. The van der Waals surface area contributed by atoms with Gasteiger partial charge in [-0.3, -0.25) is 19.7 Å². The first-order valence-electron chi connectivity index (χ1n) is 6.40. The van der Waals surface area contributed by atoms with E-state index in [1.54, 1.807) is 0 Å². The number of carboxylic acid groups (broad SMARTS) is 1. The topological polar surface area (TPSA) is 68.5 Å². The van der Waals surface area contributed by atoms with Gasteiger partial charge in [0.2, 0.25) is 0 Å². The van der Waals surface area contributed by atoms with Crippen LogP contribution in [0.2, 0.25) is 0 Å². The molecular formula is C12H22N4O2. The zero-order valence-electron chi connectivity index (χ0n) is 11.2. The summed E-state index contributed by atoms with van der Waals surface area (Å²) in [6.07, 6.45) is 1.82. The van der Waals surface area contributed by atoms with Crippen molar-refractivity contribution in [2.45, 2.75) is 13.8 Å². The molecule has 0 aromatic heterocycles. The Hall–Kier alpha value is -1.43. The van der Waals surface area contributed by atoms with Crippen LogP contribution in [0.5, 0.6) is 0 Å². The van der Waals surface area contributed by atoms with E-state index in [2.05, 4.69) is 14.9 Å². The van der Waals surface area contributed by atoms with Crippen LogP contribution < -0.4 is 0 Å². The molecule has 6 nitrogen and oxygen atoms in total. The molecule has 1 rings (SSSR count). The number of nitrogens with zero attached hydrogens (tertiary/aromatic N) is 4. The highest BCUT2D eigenvalue weighted by Gasteiger charge is 2.19. The molecule has 1 aliphatic heterocycles. The van der Waals surface area contributed by atoms with Gasteiger partial charge in [-0.2, -0.15) is 0 Å². The lowest BCUT2D eigenvalue weighted by molar-refractivity contribution is -0.138. The fourth-order valence-electron chi connectivity index (χ4n) is 1.88. The maximum absolute atomic E-state index is 10.6. The summed E-state index contributed by atoms with van der Waals surface area (Å²) in [6.45, 7) is 8.73. The minimum Gasteiger partial charge on any atom is -0.480 e. The van der Waals surface area contributed by atoms with E-state index >= 15 is 0 Å². The van der Waals surface area contributed by atoms with E-state index < -0.39 is 5.97 Å². The second-order valence-corrected chi connectivity index (χ2v) is 4.12. The van der Waals surface area contributed by atoms with Gasteiger partial charge >= 0.3 is 5.97 Å². The van der Waals surface area contributed by atoms with Crippen LogP contribution in [0.4, 0.5) is 0 Å². The summed E-state index contributed by atoms with van der Waals surface area (Å²) in [5.74, 6) is 0.146. The Balaban J connectivity index is 2.51. The Morgan fingerprint density at radius 1 is 1.22 bits per heavy atom. The molecule has 1 saturated heterocycles. The summed E-state index contributed by atoms with van der Waals surface area (Å²) in [5, 5.41) is 8.74. The maximum atomic E-state index is 10.6. The fraction of sp³-hybridized carbons (Fsp3) is 0.750. The number of aliphatic imine (C=N–C) groups is 2. The first kappa shape index (κ1) is 14.6. The van der Waals surface area contributed by atoms with Gasteiger partial charge < -0.3 is 10.0 Å². The van der Waals surface area contributed by atoms with E-state index in [4.69, 9.17) is 5.11 Å². The van der Waals surface area contributed by atoms with E-state index in [1.807, 2.05) is 25.0 Å². The number of carboxylic acids is 1. The van der Waals surface area contributed by atoms with Crippen molar-refractivity contribution in [3.63, 3.8) is 0 Å². The Bertz CT molecular complexity index is 320. The van der Waals surface area contributed by atoms with E-state index in [9.17, 15) is 4.79 Å². The van der Waals surface area contributed by atoms with Gasteiger partial charge in [-0.25, -0.2) is 0 Å². The van der Waals surface area contributed by atoms with Crippen LogP contribution in [-0.4, -0.2) is 78.7 Å². The van der Waals surface area contributed by atoms with Crippen LogP contribution in [0.1, 0.15) is 13.8 Å². The third-order valence-electron chi connectivity index (χ3n) is 2.76. The molecule has 0 amide bonds. The van der Waals surface area contributed by atoms with Gasteiger partial charge in [-0.1, -0.05) is 0 Å². The molecule has 0 unspecified atom stereocenters. The molecular weight excluding hydrogens is 232 g/mol. The number of amidine groups is 1. The Kier molecular flexibility index (Phi) is 6.35. The van der Waals surface area contributed by atoms with Crippen molar-refractivity contribution in [2.75, 3.05) is 45.8 Å². The lowest BCUT2D eigenvalue weighted by Crippen LogP contribution is -2.50. The van der Waals surface area contributed by atoms with Crippen molar-refractivity contribution in [3.05, 3.63) is 0 Å². The summed E-state index contributed by atoms with van der Waals surface area (Å²) >= 11 is 0. The maximum Gasteiger partial charge on any atom is 0.317 e. The molecule has 0 bridgehead atoms. The van der Waals surface area contributed by atoms with Gasteiger partial charge in [0.15, 0.2) is 0 Å². The number of hydrogen-bond acceptors (Lipinski definition) is 4. The zero-order valence-corrected chi connectivity index (χ0v) is 11.2. The van der Waals surface area contributed by atoms with Crippen molar-refractivity contribution in [1.82, 2.24) is 9.80 Å². The van der Waals surface area contributed by atoms with Crippen molar-refractivity contribution in [3.8, 4) is 0 Å². The number of rotatable bonds is 5. The molecule has 6 heteroatoms. The molecule has 0 radical (unpaired) electrons. The minimum absolute atomic E-state index is 0.122. The van der Waals surface area contributed by atoms with E-state index in [-0.39, 0.29) is 6.54 Å². The average Bonchev–Trinajstić information content (AvgIpc) is 2.35. The third kappa shape index (κ3) is 4.83. The smallest absolute Gasteiger partial charge is 0.317 e. The SMILES string of the molecule is CCN=CC(=NCC)N1CCN(CC(=O)O)CC1. The molecule has 1 aliphatic rings. The van der Waals surface area contributed by atoms with Crippen molar-refractivity contribution < 1.29 is 9.90 Å². The summed E-state index contributed by atoms with van der Waals surface area (Å²) in [6, 6.07) is 0. The van der Waals surface area contributed by atoms with Crippen LogP contribution in [0.15, 0.2) is 9.98 Å². The van der Waals surface area contributed by atoms with Crippen LogP contribution in [-0.2, 0) is 4.79 Å². The van der Waals surface area contributed by atoms with Crippen LogP contribution in [0.3, 0.4) is 0 Å². The molecule has 1 heterocycles. The van der Waals surface area contributed by atoms with Crippen molar-refractivity contribution in [2.24, 2.45) is 9.98 Å². The van der Waals surface area contributed by atoms with E-state index in [0.717, 1.165) is 45.1 Å². The highest BCUT2D eigenvalue weighted by molar-refractivity contribution is 6.29. The number of piperazine rings is 1. The van der Waals surface area contributed by atoms with Crippen LogP contribution in [0.25, 0.3) is 0 Å². The zero-order chi connectivity index (χ0) is 13.4. The highest BCUT2D eigenvalue weighted by atomic mass is 16.4. The standard InChI is InChI=1S/C12H22N4O2/c1-3-13-9-11(14-4-2)16-7-5-15(6-8-16)10-12(17)18/h9H,3-8,10H2,1-2H3,(H,17,18). The van der Waals surface area contributed by atoms with Gasteiger partial charge in [0, 0.05) is 39.3 Å². The normalized spacial score (nSPS) is 18.6. The lowest BCUT2D eigenvalue weighted by Gasteiger charge is -2.34. The largest absolute Gasteiger partial charge is 0.480 e. The number of hydrogen-bond donors (Lipinski definition) is 1. The Morgan fingerprint density at radius 2 is 1.89 bits per heavy atom. The quantitative estimate of drug-likeness (QED) is 0.562. The molecule has 0 saturated carbocycles. The summed E-state index contributed by atoms with van der Waals surface area (Å²) in [4.78, 5) is 23.4. The van der Waals surface area contributed by atoms with Crippen molar-refractivity contribution >= 4 is 18.0 Å². The summed E-state index contributed by atoms with van der Waals surface area (Å²) < 4.78 is 0. The Labute approximate surface area is 108 Å². The predicted molar refractivity (Wildman–Crippen MR) is 72.7 cm³/mol. The molecule has 18 heavy (non-hydrogen) atoms. The minimum atomic E-state index is -0.765. The van der Waals surface area contributed by atoms with Crippen LogP contribution >= 0.6 is 0 Å². The first-order chi connectivity index (χ1) is 8.67. The van der Waals surface area contributed by atoms with Gasteiger partial charge in [-0.15, -0.1) is 0 Å². The summed E-state index contributed by atoms with van der Waals surface area (Å²) in [7, 11) is 0. The molecule has 1 fully saturated rings. The number of aliphatic carboxylic acids is 1. The highest BCUT2D eigenvalue weighted by Crippen LogP contribution is 2.02. The predicted octanol–water partition coefficient (Wildman–Crippen LogP) is 0.198. The lowest BCUT2D eigenvalue weighted by atomic mass is 10.3. The van der Waals surface area contributed by atoms with E-state index in [1.165, 1.54) is 0 Å². The Morgan fingerprint density at radius 3 is 2.39 bits per heavy atom. The fourth-order valence-corrected chi connectivity index (χ4v) is 1.88. The molecule has 0 aromatic carbocycles. The summed E-state index contributed by atoms with van der Waals surface area (Å²) in [5.41, 5.74) is 0. The third-order valence-corrected chi connectivity index (χ3v) is 2.76. The molecule has 1 N–H and O–H groups in total. The number of carbonyl (C=O) groups is 1. The molecule has 0 aromatic rings. The molecule has 0 spiro atoms. The van der Waals surface area contributed by atoms with Gasteiger partial charge in [0.25, 0.3) is 0 Å². The molecule has 0 atom stereocenters. The monoisotopic (exact) mass is 254 g/mol. The molecule has 102 valence electrons. The van der Waals surface area contributed by atoms with Gasteiger partial charge in [0.05, 0.1) is 12.8 Å². The second-order valence-electron chi connectivity index (χ2n) is 4.12. The second kappa shape index (κ2) is 7.81. The van der Waals surface area contributed by atoms with Crippen molar-refractivity contribution in [1.29, 1.82) is 0 Å². The van der Waals surface area contributed by atoms with Gasteiger partial charge in [0.1, 0.15) is 5.84 Å². The van der Waals surface area contributed by atoms with Crippen LogP contribution in [0, 0.1) is 0 Å². The average molecular weight is 254 g/mol. The first-order valence-corrected chi connectivity index (χ1v) is 6.40.